The van der Waals surface area contributed by atoms with E-state index in [1.807, 2.05) is 13.0 Å². The number of hydrogen-bond acceptors (Lipinski definition) is 5. The third-order valence-corrected chi connectivity index (χ3v) is 5.51. The Bertz CT molecular complexity index is 1170. The van der Waals surface area contributed by atoms with E-state index in [2.05, 4.69) is 5.32 Å². The fourth-order valence-electron chi connectivity index (χ4n) is 3.96. The van der Waals surface area contributed by atoms with Gasteiger partial charge in [0, 0.05) is 29.4 Å². The van der Waals surface area contributed by atoms with E-state index in [0.29, 0.717) is 34.0 Å². The molecule has 1 atom stereocenters. The molecule has 0 saturated heterocycles. The zero-order chi connectivity index (χ0) is 22.9. The monoisotopic (exact) mass is 432 g/mol. The standard InChI is InChI=1S/C25H24N2O5/c1-16-7-6-8-17(11-16)25(30)21-9-4-5-10-22(21)27(24(25)29)15-23(28)26-18-12-19(31-2)14-20(13-18)32-3/h4-14,30H,15H2,1-3H3,(H,26,28)/t25-/m1/s1. The van der Waals surface area contributed by atoms with E-state index in [4.69, 9.17) is 9.47 Å². The fourth-order valence-corrected chi connectivity index (χ4v) is 3.96. The molecular weight excluding hydrogens is 408 g/mol. The summed E-state index contributed by atoms with van der Waals surface area (Å²) in [4.78, 5) is 27.6. The van der Waals surface area contributed by atoms with E-state index >= 15 is 0 Å². The van der Waals surface area contributed by atoms with Gasteiger partial charge in [0.15, 0.2) is 5.60 Å². The van der Waals surface area contributed by atoms with Gasteiger partial charge in [-0.1, -0.05) is 48.0 Å². The molecule has 0 radical (unpaired) electrons. The van der Waals surface area contributed by atoms with Crippen molar-refractivity contribution in [2.75, 3.05) is 31.0 Å². The highest BCUT2D eigenvalue weighted by atomic mass is 16.5. The van der Waals surface area contributed by atoms with Gasteiger partial charge in [0.2, 0.25) is 5.91 Å². The molecule has 0 bridgehead atoms. The van der Waals surface area contributed by atoms with Crippen LogP contribution in [0.5, 0.6) is 11.5 Å². The lowest BCUT2D eigenvalue weighted by atomic mass is 9.87. The maximum absolute atomic E-state index is 13.4. The molecule has 0 aromatic heterocycles. The Morgan fingerprint density at radius 1 is 1.00 bits per heavy atom. The minimum absolute atomic E-state index is 0.260. The van der Waals surface area contributed by atoms with Gasteiger partial charge < -0.3 is 19.9 Å². The quantitative estimate of drug-likeness (QED) is 0.624. The number of aliphatic hydroxyl groups is 1. The summed E-state index contributed by atoms with van der Waals surface area (Å²) in [6, 6.07) is 19.2. The molecule has 164 valence electrons. The van der Waals surface area contributed by atoms with Crippen LogP contribution in [0.3, 0.4) is 0 Å². The molecule has 1 aliphatic rings. The van der Waals surface area contributed by atoms with Crippen LogP contribution in [0.1, 0.15) is 16.7 Å². The number of fused-ring (bicyclic) bond motifs is 1. The van der Waals surface area contributed by atoms with Gasteiger partial charge >= 0.3 is 0 Å². The Hall–Kier alpha value is -3.84. The van der Waals surface area contributed by atoms with Crippen LogP contribution in [0, 0.1) is 6.92 Å². The number of carbonyl (C=O) groups is 2. The molecule has 0 aliphatic carbocycles. The third-order valence-electron chi connectivity index (χ3n) is 5.51. The average molecular weight is 432 g/mol. The first-order valence-electron chi connectivity index (χ1n) is 10.1. The molecule has 2 amide bonds. The Labute approximate surface area is 186 Å². The number of carbonyl (C=O) groups excluding carboxylic acids is 2. The second kappa shape index (κ2) is 8.36. The lowest BCUT2D eigenvalue weighted by Crippen LogP contribution is -2.44. The van der Waals surface area contributed by atoms with Gasteiger partial charge in [0.25, 0.3) is 5.91 Å². The highest BCUT2D eigenvalue weighted by Gasteiger charge is 2.51. The molecule has 7 heteroatoms. The minimum atomic E-state index is -1.86. The van der Waals surface area contributed by atoms with Crippen LogP contribution in [0.15, 0.2) is 66.7 Å². The summed E-state index contributed by atoms with van der Waals surface area (Å²) in [5.74, 6) is 0.0618. The number of anilines is 2. The van der Waals surface area contributed by atoms with Crippen molar-refractivity contribution in [2.45, 2.75) is 12.5 Å². The predicted octanol–water partition coefficient (Wildman–Crippen LogP) is 3.23. The molecule has 0 unspecified atom stereocenters. The summed E-state index contributed by atoms with van der Waals surface area (Å²) in [6.07, 6.45) is 0. The lowest BCUT2D eigenvalue weighted by Gasteiger charge is -2.24. The zero-order valence-electron chi connectivity index (χ0n) is 18.1. The summed E-state index contributed by atoms with van der Waals surface area (Å²) in [6.45, 7) is 1.63. The van der Waals surface area contributed by atoms with Crippen molar-refractivity contribution in [3.8, 4) is 11.5 Å². The molecule has 0 fully saturated rings. The molecule has 7 nitrogen and oxygen atoms in total. The number of benzene rings is 3. The Morgan fingerprint density at radius 3 is 2.34 bits per heavy atom. The van der Waals surface area contributed by atoms with Gasteiger partial charge in [-0.3, -0.25) is 14.5 Å². The van der Waals surface area contributed by atoms with Crippen LogP contribution in [0.4, 0.5) is 11.4 Å². The zero-order valence-corrected chi connectivity index (χ0v) is 18.1. The van der Waals surface area contributed by atoms with Crippen LogP contribution in [-0.4, -0.2) is 37.7 Å². The third kappa shape index (κ3) is 3.67. The van der Waals surface area contributed by atoms with E-state index in [9.17, 15) is 14.7 Å². The van der Waals surface area contributed by atoms with E-state index in [1.165, 1.54) is 19.1 Å². The first-order valence-corrected chi connectivity index (χ1v) is 10.1. The minimum Gasteiger partial charge on any atom is -0.497 e. The van der Waals surface area contributed by atoms with Crippen LogP contribution in [0.25, 0.3) is 0 Å². The van der Waals surface area contributed by atoms with Gasteiger partial charge in [-0.05, 0) is 18.6 Å². The van der Waals surface area contributed by atoms with Crippen molar-refractivity contribution in [2.24, 2.45) is 0 Å². The normalized spacial score (nSPS) is 17.1. The largest absolute Gasteiger partial charge is 0.497 e. The molecule has 1 heterocycles. The SMILES string of the molecule is COc1cc(NC(=O)CN2C(=O)[C@@](O)(c3cccc(C)c3)c3ccccc32)cc(OC)c1. The predicted molar refractivity (Wildman–Crippen MR) is 121 cm³/mol. The number of nitrogens with zero attached hydrogens (tertiary/aromatic N) is 1. The maximum Gasteiger partial charge on any atom is 0.268 e. The second-order valence-electron chi connectivity index (χ2n) is 7.64. The van der Waals surface area contributed by atoms with Crippen LogP contribution >= 0.6 is 0 Å². The van der Waals surface area contributed by atoms with Crippen molar-refractivity contribution in [1.82, 2.24) is 0 Å². The summed E-state index contributed by atoms with van der Waals surface area (Å²) < 4.78 is 10.5. The number of para-hydroxylation sites is 1. The fraction of sp³-hybridized carbons (Fsp3) is 0.200. The molecule has 1 aliphatic heterocycles. The average Bonchev–Trinajstić information content (AvgIpc) is 3.01. The van der Waals surface area contributed by atoms with Gasteiger partial charge in [0.1, 0.15) is 18.0 Å². The van der Waals surface area contributed by atoms with Crippen LogP contribution < -0.4 is 19.7 Å². The molecule has 4 rings (SSSR count). The highest BCUT2D eigenvalue weighted by Crippen LogP contribution is 2.44. The Balaban J connectivity index is 1.64. The lowest BCUT2D eigenvalue weighted by molar-refractivity contribution is -0.133. The second-order valence-corrected chi connectivity index (χ2v) is 7.64. The van der Waals surface area contributed by atoms with E-state index in [1.54, 1.807) is 60.7 Å². The van der Waals surface area contributed by atoms with Crippen molar-refractivity contribution in [3.63, 3.8) is 0 Å². The number of nitrogens with one attached hydrogen (secondary N) is 1. The van der Waals surface area contributed by atoms with Crippen molar-refractivity contribution < 1.29 is 24.2 Å². The van der Waals surface area contributed by atoms with Gasteiger partial charge in [-0.2, -0.15) is 0 Å². The van der Waals surface area contributed by atoms with E-state index in [-0.39, 0.29) is 6.54 Å². The van der Waals surface area contributed by atoms with Gasteiger partial charge in [-0.15, -0.1) is 0 Å². The Morgan fingerprint density at radius 2 is 1.69 bits per heavy atom. The molecule has 2 N–H and O–H groups in total. The number of aryl methyl sites for hydroxylation is 1. The van der Waals surface area contributed by atoms with E-state index < -0.39 is 17.4 Å². The summed E-state index contributed by atoms with van der Waals surface area (Å²) >= 11 is 0. The maximum atomic E-state index is 13.4. The molecule has 3 aromatic rings. The molecule has 3 aromatic carbocycles. The smallest absolute Gasteiger partial charge is 0.268 e. The summed E-state index contributed by atoms with van der Waals surface area (Å²) in [7, 11) is 3.04. The number of hydrogen-bond donors (Lipinski definition) is 2. The van der Waals surface area contributed by atoms with Crippen molar-refractivity contribution in [1.29, 1.82) is 0 Å². The molecule has 32 heavy (non-hydrogen) atoms. The molecule has 0 spiro atoms. The summed E-state index contributed by atoms with van der Waals surface area (Å²) in [5, 5.41) is 14.3. The number of methoxy groups -OCH3 is 2. The van der Waals surface area contributed by atoms with E-state index in [0.717, 1.165) is 5.56 Å². The molecule has 0 saturated carbocycles. The highest BCUT2D eigenvalue weighted by molar-refractivity contribution is 6.12. The number of rotatable bonds is 6. The number of ether oxygens (including phenoxy) is 2. The first kappa shape index (κ1) is 21.4. The topological polar surface area (TPSA) is 88.1 Å². The van der Waals surface area contributed by atoms with Gasteiger partial charge in [0.05, 0.1) is 19.9 Å². The first-order chi connectivity index (χ1) is 15.4. The summed E-state index contributed by atoms with van der Waals surface area (Å²) in [5.41, 5.74) is 0.952. The van der Waals surface area contributed by atoms with Crippen LogP contribution in [0.2, 0.25) is 0 Å². The van der Waals surface area contributed by atoms with Crippen LogP contribution in [-0.2, 0) is 15.2 Å². The molecular formula is C25H24N2O5. The van der Waals surface area contributed by atoms with Crippen molar-refractivity contribution >= 4 is 23.2 Å². The number of amides is 2. The van der Waals surface area contributed by atoms with Gasteiger partial charge in [-0.25, -0.2) is 0 Å². The Kier molecular flexibility index (Phi) is 5.59. The van der Waals surface area contributed by atoms with Crippen molar-refractivity contribution in [3.05, 3.63) is 83.4 Å².